The highest BCUT2D eigenvalue weighted by Gasteiger charge is 2.13. The normalized spacial score (nSPS) is 10.3. The SMILES string of the molecule is O=C(COC(=O)c1cc[n+]([O-])cc1)Nc1ccccc1Sc1ccc(Cl)cc1. The largest absolute Gasteiger partial charge is 0.619 e. The number of halogens is 1. The fraction of sp³-hybridized carbons (Fsp3) is 0.0500. The zero-order chi connectivity index (χ0) is 19.9. The summed E-state index contributed by atoms with van der Waals surface area (Å²) in [7, 11) is 0. The van der Waals surface area contributed by atoms with Gasteiger partial charge < -0.3 is 15.3 Å². The molecule has 3 aromatic rings. The minimum absolute atomic E-state index is 0.193. The number of benzene rings is 2. The van der Waals surface area contributed by atoms with Gasteiger partial charge >= 0.3 is 5.97 Å². The topological polar surface area (TPSA) is 82.3 Å². The first-order valence-corrected chi connectivity index (χ1v) is 9.39. The Bertz CT molecular complexity index is 978. The van der Waals surface area contributed by atoms with E-state index in [1.807, 2.05) is 24.3 Å². The molecular weight excluding hydrogens is 400 g/mol. The Morgan fingerprint density at radius 1 is 1.04 bits per heavy atom. The predicted octanol–water partition coefficient (Wildman–Crippen LogP) is 3.92. The van der Waals surface area contributed by atoms with E-state index in [-0.39, 0.29) is 5.56 Å². The van der Waals surface area contributed by atoms with E-state index in [1.165, 1.54) is 36.3 Å². The van der Waals surface area contributed by atoms with Crippen LogP contribution in [0, 0.1) is 5.21 Å². The molecule has 0 bridgehead atoms. The number of hydrogen-bond donors (Lipinski definition) is 1. The highest BCUT2D eigenvalue weighted by Crippen LogP contribution is 2.33. The molecule has 0 radical (unpaired) electrons. The molecule has 0 fully saturated rings. The number of hydrogen-bond acceptors (Lipinski definition) is 5. The van der Waals surface area contributed by atoms with Crippen molar-refractivity contribution in [3.8, 4) is 0 Å². The van der Waals surface area contributed by atoms with Crippen molar-refractivity contribution < 1.29 is 19.1 Å². The van der Waals surface area contributed by atoms with Crippen molar-refractivity contribution in [2.45, 2.75) is 9.79 Å². The fourth-order valence-electron chi connectivity index (χ4n) is 2.24. The maximum atomic E-state index is 12.2. The van der Waals surface area contributed by atoms with Gasteiger partial charge in [0.25, 0.3) is 5.91 Å². The van der Waals surface area contributed by atoms with Crippen LogP contribution in [0.15, 0.2) is 82.8 Å². The van der Waals surface area contributed by atoms with Gasteiger partial charge in [-0.3, -0.25) is 4.79 Å². The molecule has 1 aromatic heterocycles. The van der Waals surface area contributed by atoms with E-state index >= 15 is 0 Å². The number of aromatic nitrogens is 1. The summed E-state index contributed by atoms with van der Waals surface area (Å²) in [6.45, 7) is -0.439. The van der Waals surface area contributed by atoms with Crippen molar-refractivity contribution in [2.24, 2.45) is 0 Å². The second-order valence-electron chi connectivity index (χ2n) is 5.62. The summed E-state index contributed by atoms with van der Waals surface area (Å²) in [4.78, 5) is 25.9. The predicted molar refractivity (Wildman–Crippen MR) is 106 cm³/mol. The number of ether oxygens (including phenoxy) is 1. The number of nitrogens with zero attached hydrogens (tertiary/aromatic N) is 1. The number of nitrogens with one attached hydrogen (secondary N) is 1. The average molecular weight is 415 g/mol. The zero-order valence-corrected chi connectivity index (χ0v) is 16.1. The third-order valence-corrected chi connectivity index (χ3v) is 4.91. The van der Waals surface area contributed by atoms with Crippen molar-refractivity contribution in [2.75, 3.05) is 11.9 Å². The molecule has 0 saturated carbocycles. The lowest BCUT2D eigenvalue weighted by molar-refractivity contribution is -0.605. The van der Waals surface area contributed by atoms with Gasteiger partial charge in [-0.15, -0.1) is 0 Å². The minimum atomic E-state index is -0.681. The summed E-state index contributed by atoms with van der Waals surface area (Å²) >= 11 is 7.38. The number of para-hydroxylation sites is 1. The highest BCUT2D eigenvalue weighted by atomic mass is 35.5. The second-order valence-corrected chi connectivity index (χ2v) is 7.17. The van der Waals surface area contributed by atoms with Crippen molar-refractivity contribution >= 4 is 40.9 Å². The maximum absolute atomic E-state index is 12.2. The number of amides is 1. The van der Waals surface area contributed by atoms with Gasteiger partial charge in [-0.1, -0.05) is 35.5 Å². The van der Waals surface area contributed by atoms with Crippen LogP contribution in [-0.2, 0) is 9.53 Å². The molecule has 8 heteroatoms. The minimum Gasteiger partial charge on any atom is -0.619 e. The first kappa shape index (κ1) is 19.7. The van der Waals surface area contributed by atoms with Gasteiger partial charge in [0.15, 0.2) is 19.0 Å². The Kier molecular flexibility index (Phi) is 6.52. The van der Waals surface area contributed by atoms with Crippen molar-refractivity contribution in [3.63, 3.8) is 0 Å². The van der Waals surface area contributed by atoms with Crippen LogP contribution in [0.2, 0.25) is 5.02 Å². The molecule has 0 aliphatic carbocycles. The zero-order valence-electron chi connectivity index (χ0n) is 14.5. The third-order valence-electron chi connectivity index (χ3n) is 3.57. The van der Waals surface area contributed by atoms with Crippen LogP contribution >= 0.6 is 23.4 Å². The first-order chi connectivity index (χ1) is 13.5. The van der Waals surface area contributed by atoms with Gasteiger partial charge in [0, 0.05) is 26.9 Å². The molecule has 6 nitrogen and oxygen atoms in total. The highest BCUT2D eigenvalue weighted by molar-refractivity contribution is 7.99. The van der Waals surface area contributed by atoms with Gasteiger partial charge in [-0.25, -0.2) is 4.79 Å². The van der Waals surface area contributed by atoms with Crippen LogP contribution in [-0.4, -0.2) is 18.5 Å². The number of pyridine rings is 1. The monoisotopic (exact) mass is 414 g/mol. The lowest BCUT2D eigenvalue weighted by atomic mass is 10.3. The summed E-state index contributed by atoms with van der Waals surface area (Å²) < 4.78 is 5.54. The Morgan fingerprint density at radius 3 is 2.43 bits per heavy atom. The molecule has 1 amide bonds. The molecular formula is C20H15ClN2O4S. The van der Waals surface area contributed by atoms with Crippen LogP contribution in [0.5, 0.6) is 0 Å². The Balaban J connectivity index is 1.60. The molecule has 1 heterocycles. The van der Waals surface area contributed by atoms with Crippen LogP contribution in [0.4, 0.5) is 5.69 Å². The third kappa shape index (κ3) is 5.48. The van der Waals surface area contributed by atoms with Gasteiger partial charge in [0.1, 0.15) is 0 Å². The number of rotatable bonds is 6. The second kappa shape index (κ2) is 9.25. The lowest BCUT2D eigenvalue weighted by Gasteiger charge is -2.11. The molecule has 0 unspecified atom stereocenters. The van der Waals surface area contributed by atoms with Crippen LogP contribution in [0.25, 0.3) is 0 Å². The molecule has 1 N–H and O–H groups in total. The standard InChI is InChI=1S/C20H15ClN2O4S/c21-15-5-7-16(8-6-15)28-18-4-2-1-3-17(18)22-19(24)13-27-20(25)14-9-11-23(26)12-10-14/h1-12H,13H2,(H,22,24). The Hall–Kier alpha value is -3.03. The summed E-state index contributed by atoms with van der Waals surface area (Å²) in [5, 5.41) is 14.4. The summed E-state index contributed by atoms with van der Waals surface area (Å²) in [5.74, 6) is -1.15. The molecule has 142 valence electrons. The summed E-state index contributed by atoms with van der Waals surface area (Å²) in [6, 6.07) is 17.3. The Labute approximate surface area is 170 Å². The van der Waals surface area contributed by atoms with E-state index in [4.69, 9.17) is 16.3 Å². The summed E-state index contributed by atoms with van der Waals surface area (Å²) in [6.07, 6.45) is 2.36. The van der Waals surface area contributed by atoms with Crippen LogP contribution in [0.3, 0.4) is 0 Å². The van der Waals surface area contributed by atoms with Crippen LogP contribution < -0.4 is 10.0 Å². The van der Waals surface area contributed by atoms with Gasteiger partial charge in [0.2, 0.25) is 0 Å². The van der Waals surface area contributed by atoms with Gasteiger partial charge in [0.05, 0.1) is 11.3 Å². The van der Waals surface area contributed by atoms with Crippen molar-refractivity contribution in [1.29, 1.82) is 0 Å². The van der Waals surface area contributed by atoms with E-state index in [9.17, 15) is 14.8 Å². The quantitative estimate of drug-likeness (QED) is 0.375. The van der Waals surface area contributed by atoms with E-state index < -0.39 is 18.5 Å². The molecule has 3 rings (SSSR count). The molecule has 0 saturated heterocycles. The molecule has 28 heavy (non-hydrogen) atoms. The van der Waals surface area contributed by atoms with Crippen LogP contribution in [0.1, 0.15) is 10.4 Å². The van der Waals surface area contributed by atoms with E-state index in [0.717, 1.165) is 9.79 Å². The smallest absolute Gasteiger partial charge is 0.339 e. The molecule has 0 spiro atoms. The molecule has 0 aliphatic heterocycles. The van der Waals surface area contributed by atoms with Crippen molar-refractivity contribution in [3.05, 3.63) is 88.9 Å². The molecule has 2 aromatic carbocycles. The van der Waals surface area contributed by atoms with E-state index in [0.29, 0.717) is 15.4 Å². The number of esters is 1. The fourth-order valence-corrected chi connectivity index (χ4v) is 3.27. The average Bonchev–Trinajstić information content (AvgIpc) is 2.70. The number of anilines is 1. The Morgan fingerprint density at radius 2 is 1.71 bits per heavy atom. The summed E-state index contributed by atoms with van der Waals surface area (Å²) in [5.41, 5.74) is 0.800. The van der Waals surface area contributed by atoms with Gasteiger partial charge in [-0.2, -0.15) is 4.73 Å². The molecule has 0 aliphatic rings. The van der Waals surface area contributed by atoms with Crippen molar-refractivity contribution in [1.82, 2.24) is 0 Å². The first-order valence-electron chi connectivity index (χ1n) is 8.19. The molecule has 0 atom stereocenters. The number of carbonyl (C=O) groups excluding carboxylic acids is 2. The van der Waals surface area contributed by atoms with E-state index in [2.05, 4.69) is 5.32 Å². The maximum Gasteiger partial charge on any atom is 0.339 e. The van der Waals surface area contributed by atoms with E-state index in [1.54, 1.807) is 24.3 Å². The number of carbonyl (C=O) groups is 2. The van der Waals surface area contributed by atoms with Gasteiger partial charge in [-0.05, 0) is 36.4 Å². The lowest BCUT2D eigenvalue weighted by Crippen LogP contribution is -2.25.